The zero-order valence-electron chi connectivity index (χ0n) is 21.4. The van der Waals surface area contributed by atoms with Gasteiger partial charge in [-0.25, -0.2) is 13.2 Å². The van der Waals surface area contributed by atoms with Crippen LogP contribution in [0.15, 0.2) is 53.6 Å². The Balaban J connectivity index is 1.45. The molecule has 4 heterocycles. The summed E-state index contributed by atoms with van der Waals surface area (Å²) >= 11 is 0. The highest BCUT2D eigenvalue weighted by Crippen LogP contribution is 2.43. The van der Waals surface area contributed by atoms with Crippen molar-refractivity contribution in [2.75, 3.05) is 24.5 Å². The Kier molecular flexibility index (Phi) is 6.26. The van der Waals surface area contributed by atoms with E-state index in [0.717, 1.165) is 40.7 Å². The summed E-state index contributed by atoms with van der Waals surface area (Å²) in [6.07, 6.45) is 1.72. The van der Waals surface area contributed by atoms with Gasteiger partial charge < -0.3 is 14.8 Å². The Bertz CT molecular complexity index is 1580. The lowest BCUT2D eigenvalue weighted by Gasteiger charge is -2.33. The second-order valence-electron chi connectivity index (χ2n) is 10.3. The molecule has 6 nitrogen and oxygen atoms in total. The van der Waals surface area contributed by atoms with Crippen LogP contribution in [-0.4, -0.2) is 40.2 Å². The van der Waals surface area contributed by atoms with Crippen LogP contribution in [-0.2, 0) is 13.5 Å². The standard InChI is InChI=1S/C29H30F3N5O/c1-17-11-22-24(35(2)29(17)38)6-3-7-25(22)36-10-4-5-18-12-20(21(28(31)32)13-27(18)36)19-14-34-37(16-19)26-8-9-33-15-23(26)30/h3,6-7,11-14,16,23,26,28,33H,4-5,8-10,15H2,1-2H3. The van der Waals surface area contributed by atoms with Crippen LogP contribution in [0.4, 0.5) is 24.5 Å². The number of hydrogen-bond acceptors (Lipinski definition) is 4. The summed E-state index contributed by atoms with van der Waals surface area (Å²) in [7, 11) is 1.75. The molecule has 9 heteroatoms. The molecule has 0 amide bonds. The van der Waals surface area contributed by atoms with Crippen LogP contribution in [0, 0.1) is 6.92 Å². The molecular formula is C29H30F3N5O. The van der Waals surface area contributed by atoms with E-state index in [1.165, 1.54) is 0 Å². The molecule has 2 aromatic carbocycles. The first-order valence-electron chi connectivity index (χ1n) is 13.0. The minimum Gasteiger partial charge on any atom is -0.341 e. The molecule has 1 N–H and O–H groups in total. The summed E-state index contributed by atoms with van der Waals surface area (Å²) < 4.78 is 46.7. The molecule has 1 saturated heterocycles. The van der Waals surface area contributed by atoms with Crippen molar-refractivity contribution < 1.29 is 13.2 Å². The van der Waals surface area contributed by atoms with E-state index in [0.29, 0.717) is 36.2 Å². The molecule has 0 aliphatic carbocycles. The molecule has 2 aliphatic rings. The summed E-state index contributed by atoms with van der Waals surface area (Å²) in [5, 5.41) is 8.31. The molecule has 198 valence electrons. The lowest BCUT2D eigenvalue weighted by molar-refractivity contribution is 0.152. The summed E-state index contributed by atoms with van der Waals surface area (Å²) in [5.41, 5.74) is 4.94. The summed E-state index contributed by atoms with van der Waals surface area (Å²) in [4.78, 5) is 14.6. The monoisotopic (exact) mass is 521 g/mol. The number of nitrogens with one attached hydrogen (secondary N) is 1. The van der Waals surface area contributed by atoms with Crippen LogP contribution in [0.25, 0.3) is 22.0 Å². The van der Waals surface area contributed by atoms with E-state index in [2.05, 4.69) is 15.3 Å². The first-order chi connectivity index (χ1) is 18.3. The van der Waals surface area contributed by atoms with Gasteiger partial charge in [-0.1, -0.05) is 6.07 Å². The number of aryl methyl sites for hydroxylation is 3. The van der Waals surface area contributed by atoms with Gasteiger partial charge >= 0.3 is 0 Å². The van der Waals surface area contributed by atoms with E-state index in [1.807, 2.05) is 30.3 Å². The highest BCUT2D eigenvalue weighted by atomic mass is 19.3. The van der Waals surface area contributed by atoms with Gasteiger partial charge in [0, 0.05) is 54.1 Å². The third kappa shape index (κ3) is 4.09. The van der Waals surface area contributed by atoms with Crippen LogP contribution in [0.2, 0.25) is 0 Å². The average molecular weight is 522 g/mol. The highest BCUT2D eigenvalue weighted by Gasteiger charge is 2.29. The number of benzene rings is 2. The summed E-state index contributed by atoms with van der Waals surface area (Å²) in [6, 6.07) is 10.7. The molecule has 2 unspecified atom stereocenters. The Morgan fingerprint density at radius 2 is 2.00 bits per heavy atom. The van der Waals surface area contributed by atoms with Gasteiger partial charge in [0.2, 0.25) is 0 Å². The third-order valence-electron chi connectivity index (χ3n) is 7.95. The zero-order valence-corrected chi connectivity index (χ0v) is 21.4. The molecule has 0 saturated carbocycles. The Labute approximate surface area is 218 Å². The molecular weight excluding hydrogens is 491 g/mol. The van der Waals surface area contributed by atoms with Crippen molar-refractivity contribution in [3.63, 3.8) is 0 Å². The van der Waals surface area contributed by atoms with Crippen LogP contribution in [0.1, 0.15) is 42.0 Å². The minimum absolute atomic E-state index is 0.0533. The number of halogens is 3. The van der Waals surface area contributed by atoms with E-state index >= 15 is 0 Å². The lowest BCUT2D eigenvalue weighted by atomic mass is 9.92. The maximum absolute atomic E-state index is 14.5. The second kappa shape index (κ2) is 9.62. The van der Waals surface area contributed by atoms with Crippen LogP contribution in [0.5, 0.6) is 0 Å². The average Bonchev–Trinajstić information content (AvgIpc) is 3.41. The quantitative estimate of drug-likeness (QED) is 0.380. The normalized spacial score (nSPS) is 19.8. The Morgan fingerprint density at radius 3 is 2.79 bits per heavy atom. The number of fused-ring (bicyclic) bond motifs is 2. The molecule has 2 aromatic heterocycles. The molecule has 0 spiro atoms. The van der Waals surface area contributed by atoms with Crippen LogP contribution < -0.4 is 15.8 Å². The van der Waals surface area contributed by atoms with Crippen molar-refractivity contribution in [1.29, 1.82) is 0 Å². The second-order valence-corrected chi connectivity index (χ2v) is 10.3. The van der Waals surface area contributed by atoms with Crippen molar-refractivity contribution >= 4 is 22.3 Å². The number of nitrogens with zero attached hydrogens (tertiary/aromatic N) is 4. The van der Waals surface area contributed by atoms with Gasteiger partial charge in [-0.2, -0.15) is 5.10 Å². The fraction of sp³-hybridized carbons (Fsp3) is 0.379. The maximum Gasteiger partial charge on any atom is 0.264 e. The van der Waals surface area contributed by atoms with Crippen molar-refractivity contribution in [2.24, 2.45) is 7.05 Å². The number of pyridine rings is 1. The van der Waals surface area contributed by atoms with Gasteiger partial charge in [0.05, 0.1) is 23.4 Å². The number of anilines is 2. The van der Waals surface area contributed by atoms with Crippen molar-refractivity contribution in [2.45, 2.75) is 44.8 Å². The van der Waals surface area contributed by atoms with Gasteiger partial charge in [-0.15, -0.1) is 0 Å². The van der Waals surface area contributed by atoms with E-state index in [-0.39, 0.29) is 17.7 Å². The van der Waals surface area contributed by atoms with Crippen LogP contribution in [0.3, 0.4) is 0 Å². The lowest BCUT2D eigenvalue weighted by Crippen LogP contribution is -2.39. The Morgan fingerprint density at radius 1 is 1.16 bits per heavy atom. The maximum atomic E-state index is 14.5. The molecule has 2 aliphatic heterocycles. The van der Waals surface area contributed by atoms with E-state index < -0.39 is 18.6 Å². The fourth-order valence-electron chi connectivity index (χ4n) is 5.96. The SMILES string of the molecule is Cc1cc2c(N3CCCc4cc(-c5cnn(C6CCNCC6F)c5)c(C(F)F)cc43)cccc2n(C)c1=O. The molecule has 2 atom stereocenters. The van der Waals surface area contributed by atoms with E-state index in [1.54, 1.807) is 41.7 Å². The van der Waals surface area contributed by atoms with E-state index in [4.69, 9.17) is 0 Å². The molecule has 4 aromatic rings. The number of aromatic nitrogens is 3. The van der Waals surface area contributed by atoms with E-state index in [9.17, 15) is 18.0 Å². The van der Waals surface area contributed by atoms with Crippen LogP contribution >= 0.6 is 0 Å². The minimum atomic E-state index is -2.69. The number of piperidine rings is 1. The summed E-state index contributed by atoms with van der Waals surface area (Å²) in [5.74, 6) is 0. The molecule has 0 radical (unpaired) electrons. The molecule has 0 bridgehead atoms. The molecule has 6 rings (SSSR count). The first kappa shape index (κ1) is 24.7. The van der Waals surface area contributed by atoms with Gasteiger partial charge in [0.1, 0.15) is 6.17 Å². The predicted molar refractivity (Wildman–Crippen MR) is 143 cm³/mol. The molecule has 38 heavy (non-hydrogen) atoms. The third-order valence-corrected chi connectivity index (χ3v) is 7.95. The first-order valence-corrected chi connectivity index (χ1v) is 13.0. The topological polar surface area (TPSA) is 55.1 Å². The summed E-state index contributed by atoms with van der Waals surface area (Å²) in [6.45, 7) is 3.43. The smallest absolute Gasteiger partial charge is 0.264 e. The van der Waals surface area contributed by atoms with Crippen molar-refractivity contribution in [3.8, 4) is 11.1 Å². The van der Waals surface area contributed by atoms with Gasteiger partial charge in [0.15, 0.2) is 0 Å². The highest BCUT2D eigenvalue weighted by molar-refractivity contribution is 5.95. The van der Waals surface area contributed by atoms with Crippen molar-refractivity contribution in [1.82, 2.24) is 19.7 Å². The molecule has 1 fully saturated rings. The van der Waals surface area contributed by atoms with Crippen molar-refractivity contribution in [3.05, 3.63) is 75.8 Å². The Hall–Kier alpha value is -3.59. The van der Waals surface area contributed by atoms with Gasteiger partial charge in [0.25, 0.3) is 12.0 Å². The number of rotatable bonds is 4. The van der Waals surface area contributed by atoms with Gasteiger partial charge in [-0.05, 0) is 74.2 Å². The number of alkyl halides is 3. The zero-order chi connectivity index (χ0) is 26.6. The number of hydrogen-bond donors (Lipinski definition) is 1. The van der Waals surface area contributed by atoms with Gasteiger partial charge in [-0.3, -0.25) is 9.48 Å². The fourth-order valence-corrected chi connectivity index (χ4v) is 5.96. The predicted octanol–water partition coefficient (Wildman–Crippen LogP) is 5.60. The largest absolute Gasteiger partial charge is 0.341 e.